The summed E-state index contributed by atoms with van der Waals surface area (Å²) in [6.45, 7) is 6.74. The molecule has 0 aliphatic carbocycles. The molecule has 0 aliphatic rings. The van der Waals surface area contributed by atoms with E-state index in [4.69, 9.17) is 5.26 Å². The number of nitriles is 1. The van der Waals surface area contributed by atoms with E-state index < -0.39 is 0 Å². The summed E-state index contributed by atoms with van der Waals surface area (Å²) in [6, 6.07) is 8.65. The summed E-state index contributed by atoms with van der Waals surface area (Å²) in [5.41, 5.74) is 3.86. The first-order valence-corrected chi connectivity index (χ1v) is 6.91. The molecule has 0 aliphatic heterocycles. The van der Waals surface area contributed by atoms with Crippen molar-refractivity contribution >= 4 is 10.9 Å². The Morgan fingerprint density at radius 3 is 2.89 bits per heavy atom. The van der Waals surface area contributed by atoms with E-state index in [1.54, 1.807) is 0 Å². The monoisotopic (exact) mass is 255 g/mol. The molecule has 2 rings (SSSR count). The summed E-state index contributed by atoms with van der Waals surface area (Å²) >= 11 is 0. The van der Waals surface area contributed by atoms with Crippen molar-refractivity contribution in [3.63, 3.8) is 0 Å². The molecule has 0 atom stereocenters. The van der Waals surface area contributed by atoms with Crippen molar-refractivity contribution < 1.29 is 0 Å². The highest BCUT2D eigenvalue weighted by Gasteiger charge is 2.08. The molecule has 0 spiro atoms. The van der Waals surface area contributed by atoms with Crippen molar-refractivity contribution in [2.45, 2.75) is 26.7 Å². The Balaban J connectivity index is 2.09. The molecule has 3 heteroatoms. The highest BCUT2D eigenvalue weighted by atomic mass is 15.1. The summed E-state index contributed by atoms with van der Waals surface area (Å²) in [7, 11) is 0. The quantitative estimate of drug-likeness (QED) is 0.805. The van der Waals surface area contributed by atoms with Gasteiger partial charge in [-0.15, -0.1) is 0 Å². The van der Waals surface area contributed by atoms with E-state index in [0.717, 1.165) is 25.9 Å². The lowest BCUT2D eigenvalue weighted by Crippen LogP contribution is -2.27. The zero-order valence-electron chi connectivity index (χ0n) is 11.7. The number of para-hydroxylation sites is 1. The molecule has 19 heavy (non-hydrogen) atoms. The standard InChI is InChI=1S/C16H21N3/c1-3-9-19(11-8-17)10-7-14-12-18-16-13(2)5-4-6-15(14)16/h4-6,12,18H,3,7,9-11H2,1-2H3. The van der Waals surface area contributed by atoms with Gasteiger partial charge in [0.15, 0.2) is 0 Å². The lowest BCUT2D eigenvalue weighted by Gasteiger charge is -2.17. The summed E-state index contributed by atoms with van der Waals surface area (Å²) in [5, 5.41) is 10.1. The van der Waals surface area contributed by atoms with Gasteiger partial charge in [0.05, 0.1) is 12.6 Å². The van der Waals surface area contributed by atoms with Crippen LogP contribution in [0.5, 0.6) is 0 Å². The summed E-state index contributed by atoms with van der Waals surface area (Å²) in [6.07, 6.45) is 4.19. The van der Waals surface area contributed by atoms with E-state index in [0.29, 0.717) is 6.54 Å². The van der Waals surface area contributed by atoms with Gasteiger partial charge in [0, 0.05) is 23.6 Å². The minimum Gasteiger partial charge on any atom is -0.361 e. The number of H-pyrrole nitrogens is 1. The lowest BCUT2D eigenvalue weighted by molar-refractivity contribution is 0.310. The van der Waals surface area contributed by atoms with E-state index in [1.807, 2.05) is 0 Å². The second kappa shape index (κ2) is 6.40. The molecule has 100 valence electrons. The van der Waals surface area contributed by atoms with Gasteiger partial charge in [-0.3, -0.25) is 4.90 Å². The Bertz CT molecular complexity index is 577. The maximum Gasteiger partial charge on any atom is 0.0866 e. The highest BCUT2D eigenvalue weighted by Crippen LogP contribution is 2.21. The molecule has 0 fully saturated rings. The fourth-order valence-corrected chi connectivity index (χ4v) is 2.54. The average molecular weight is 255 g/mol. The molecule has 1 N–H and O–H groups in total. The van der Waals surface area contributed by atoms with Crippen LogP contribution in [0.25, 0.3) is 10.9 Å². The van der Waals surface area contributed by atoms with Crippen LogP contribution in [-0.2, 0) is 6.42 Å². The van der Waals surface area contributed by atoms with E-state index in [9.17, 15) is 0 Å². The van der Waals surface area contributed by atoms with E-state index in [2.05, 4.69) is 54.2 Å². The first-order valence-electron chi connectivity index (χ1n) is 6.91. The smallest absolute Gasteiger partial charge is 0.0866 e. The molecule has 3 nitrogen and oxygen atoms in total. The predicted molar refractivity (Wildman–Crippen MR) is 79.1 cm³/mol. The van der Waals surface area contributed by atoms with E-state index in [-0.39, 0.29) is 0 Å². The van der Waals surface area contributed by atoms with Crippen molar-refractivity contribution in [3.8, 4) is 6.07 Å². The molecule has 0 amide bonds. The molecule has 1 aromatic heterocycles. The van der Waals surface area contributed by atoms with Gasteiger partial charge >= 0.3 is 0 Å². The Morgan fingerprint density at radius 2 is 2.16 bits per heavy atom. The van der Waals surface area contributed by atoms with Gasteiger partial charge in [0.1, 0.15) is 0 Å². The maximum absolute atomic E-state index is 8.83. The number of aromatic nitrogens is 1. The number of hydrogen-bond acceptors (Lipinski definition) is 2. The Kier molecular flexibility index (Phi) is 4.59. The SMILES string of the molecule is CCCN(CC#N)CCc1c[nH]c2c(C)cccc12. The highest BCUT2D eigenvalue weighted by molar-refractivity contribution is 5.85. The van der Waals surface area contributed by atoms with Gasteiger partial charge < -0.3 is 4.98 Å². The Hall–Kier alpha value is -1.79. The summed E-state index contributed by atoms with van der Waals surface area (Å²) < 4.78 is 0. The zero-order valence-corrected chi connectivity index (χ0v) is 11.7. The van der Waals surface area contributed by atoms with Crippen molar-refractivity contribution in [1.82, 2.24) is 9.88 Å². The average Bonchev–Trinajstić information content (AvgIpc) is 2.81. The van der Waals surface area contributed by atoms with Gasteiger partial charge in [-0.1, -0.05) is 25.1 Å². The summed E-state index contributed by atoms with van der Waals surface area (Å²) in [5.74, 6) is 0. The van der Waals surface area contributed by atoms with Crippen LogP contribution in [-0.4, -0.2) is 29.5 Å². The van der Waals surface area contributed by atoms with Crippen LogP contribution in [0.2, 0.25) is 0 Å². The lowest BCUT2D eigenvalue weighted by atomic mass is 10.1. The molecule has 2 aromatic rings. The van der Waals surface area contributed by atoms with Crippen molar-refractivity contribution in [2.24, 2.45) is 0 Å². The number of aryl methyl sites for hydroxylation is 1. The van der Waals surface area contributed by atoms with E-state index in [1.165, 1.54) is 22.0 Å². The van der Waals surface area contributed by atoms with Crippen LogP contribution in [0.3, 0.4) is 0 Å². The van der Waals surface area contributed by atoms with Crippen LogP contribution >= 0.6 is 0 Å². The number of aromatic amines is 1. The normalized spacial score (nSPS) is 11.1. The second-order valence-electron chi connectivity index (χ2n) is 5.00. The molecule has 1 aromatic carbocycles. The third kappa shape index (κ3) is 3.15. The van der Waals surface area contributed by atoms with Crippen LogP contribution < -0.4 is 0 Å². The predicted octanol–water partition coefficient (Wildman–Crippen LogP) is 3.25. The van der Waals surface area contributed by atoms with Crippen molar-refractivity contribution in [3.05, 3.63) is 35.5 Å². The van der Waals surface area contributed by atoms with Gasteiger partial charge in [0.25, 0.3) is 0 Å². The van der Waals surface area contributed by atoms with E-state index >= 15 is 0 Å². The molecule has 0 bridgehead atoms. The molecule has 1 heterocycles. The molecule has 0 saturated carbocycles. The first-order chi connectivity index (χ1) is 9.26. The summed E-state index contributed by atoms with van der Waals surface area (Å²) in [4.78, 5) is 5.58. The van der Waals surface area contributed by atoms with Crippen molar-refractivity contribution in [2.75, 3.05) is 19.6 Å². The molecular formula is C16H21N3. The third-order valence-electron chi connectivity index (χ3n) is 3.54. The van der Waals surface area contributed by atoms with Crippen LogP contribution in [0.1, 0.15) is 24.5 Å². The topological polar surface area (TPSA) is 42.8 Å². The maximum atomic E-state index is 8.83. The third-order valence-corrected chi connectivity index (χ3v) is 3.54. The number of hydrogen-bond donors (Lipinski definition) is 1. The van der Waals surface area contributed by atoms with Gasteiger partial charge in [0.2, 0.25) is 0 Å². The zero-order chi connectivity index (χ0) is 13.7. The van der Waals surface area contributed by atoms with Crippen molar-refractivity contribution in [1.29, 1.82) is 5.26 Å². The van der Waals surface area contributed by atoms with Gasteiger partial charge in [-0.2, -0.15) is 5.26 Å². The molecule has 0 unspecified atom stereocenters. The molecule has 0 saturated heterocycles. The Labute approximate surface area is 114 Å². The molecule has 0 radical (unpaired) electrons. The fraction of sp³-hybridized carbons (Fsp3) is 0.438. The second-order valence-corrected chi connectivity index (χ2v) is 5.00. The number of rotatable bonds is 6. The molecular weight excluding hydrogens is 234 g/mol. The Morgan fingerprint density at radius 1 is 1.32 bits per heavy atom. The first kappa shape index (κ1) is 13.6. The van der Waals surface area contributed by atoms with Crippen LogP contribution in [0, 0.1) is 18.3 Å². The number of benzene rings is 1. The number of nitrogens with one attached hydrogen (secondary N) is 1. The fourth-order valence-electron chi connectivity index (χ4n) is 2.54. The van der Waals surface area contributed by atoms with Crippen LogP contribution in [0.4, 0.5) is 0 Å². The minimum absolute atomic E-state index is 0.523. The number of fused-ring (bicyclic) bond motifs is 1. The number of nitrogens with zero attached hydrogens (tertiary/aromatic N) is 2. The largest absolute Gasteiger partial charge is 0.361 e. The minimum atomic E-state index is 0.523. The van der Waals surface area contributed by atoms with Gasteiger partial charge in [-0.05, 0) is 37.4 Å². The van der Waals surface area contributed by atoms with Gasteiger partial charge in [-0.25, -0.2) is 0 Å². The van der Waals surface area contributed by atoms with Crippen LogP contribution in [0.15, 0.2) is 24.4 Å².